The first-order chi connectivity index (χ1) is 10.3. The number of allylic oxidation sites excluding steroid dienone is 2. The van der Waals surface area contributed by atoms with Crippen LogP contribution >= 0.6 is 0 Å². The SMILES string of the molecule is O=C1[C@H](NC[C@@H]2C[C@H]3C=C[C@H]2C3)CCN1C1CCOCC1. The van der Waals surface area contributed by atoms with Gasteiger partial charge in [0.05, 0.1) is 6.04 Å². The summed E-state index contributed by atoms with van der Waals surface area (Å²) >= 11 is 0. The molecule has 2 bridgehead atoms. The summed E-state index contributed by atoms with van der Waals surface area (Å²) in [7, 11) is 0. The summed E-state index contributed by atoms with van der Waals surface area (Å²) < 4.78 is 5.40. The molecule has 4 aliphatic rings. The first-order valence-corrected chi connectivity index (χ1v) is 8.61. The Balaban J connectivity index is 1.28. The molecule has 21 heavy (non-hydrogen) atoms. The zero-order valence-electron chi connectivity index (χ0n) is 12.7. The molecule has 4 atom stereocenters. The average Bonchev–Trinajstić information content (AvgIpc) is 3.22. The molecule has 2 aliphatic heterocycles. The molecule has 116 valence electrons. The summed E-state index contributed by atoms with van der Waals surface area (Å²) in [5.41, 5.74) is 0. The second-order valence-electron chi connectivity index (χ2n) is 7.17. The monoisotopic (exact) mass is 290 g/mol. The van der Waals surface area contributed by atoms with Crippen molar-refractivity contribution in [1.82, 2.24) is 10.2 Å². The van der Waals surface area contributed by atoms with Crippen LogP contribution in [-0.4, -0.2) is 49.2 Å². The molecule has 0 aromatic carbocycles. The Morgan fingerprint density at radius 3 is 2.76 bits per heavy atom. The lowest BCUT2D eigenvalue weighted by Gasteiger charge is -2.31. The molecular weight excluding hydrogens is 264 g/mol. The minimum Gasteiger partial charge on any atom is -0.381 e. The zero-order valence-corrected chi connectivity index (χ0v) is 12.7. The molecular formula is C17H26N2O2. The number of hydrogen-bond donors (Lipinski definition) is 1. The molecule has 4 heteroatoms. The van der Waals surface area contributed by atoms with Gasteiger partial charge in [-0.3, -0.25) is 4.79 Å². The Morgan fingerprint density at radius 2 is 2.05 bits per heavy atom. The Bertz CT molecular complexity index is 431. The molecule has 4 rings (SSSR count). The third-order valence-electron chi connectivity index (χ3n) is 5.91. The van der Waals surface area contributed by atoms with Gasteiger partial charge in [0.25, 0.3) is 0 Å². The van der Waals surface area contributed by atoms with Gasteiger partial charge in [-0.05, 0) is 56.4 Å². The van der Waals surface area contributed by atoms with Crippen LogP contribution < -0.4 is 5.32 Å². The van der Waals surface area contributed by atoms with Crippen molar-refractivity contribution in [2.24, 2.45) is 17.8 Å². The number of amides is 1. The van der Waals surface area contributed by atoms with E-state index in [-0.39, 0.29) is 6.04 Å². The largest absolute Gasteiger partial charge is 0.381 e. The summed E-state index contributed by atoms with van der Waals surface area (Å²) in [5.74, 6) is 2.68. The first-order valence-electron chi connectivity index (χ1n) is 8.61. The fraction of sp³-hybridized carbons (Fsp3) is 0.824. The third kappa shape index (κ3) is 2.64. The van der Waals surface area contributed by atoms with E-state index < -0.39 is 0 Å². The van der Waals surface area contributed by atoms with Crippen LogP contribution in [0.4, 0.5) is 0 Å². The van der Waals surface area contributed by atoms with Crippen molar-refractivity contribution < 1.29 is 9.53 Å². The highest BCUT2D eigenvalue weighted by Crippen LogP contribution is 2.43. The average molecular weight is 290 g/mol. The molecule has 0 aromatic rings. The maximum Gasteiger partial charge on any atom is 0.240 e. The van der Waals surface area contributed by atoms with Gasteiger partial charge in [0.2, 0.25) is 5.91 Å². The van der Waals surface area contributed by atoms with Crippen molar-refractivity contribution in [3.8, 4) is 0 Å². The van der Waals surface area contributed by atoms with Crippen LogP contribution in [0.5, 0.6) is 0 Å². The molecule has 1 saturated carbocycles. The molecule has 0 spiro atoms. The van der Waals surface area contributed by atoms with Crippen LogP contribution in [0.15, 0.2) is 12.2 Å². The number of hydrogen-bond acceptors (Lipinski definition) is 3. The van der Waals surface area contributed by atoms with Crippen LogP contribution in [0.25, 0.3) is 0 Å². The van der Waals surface area contributed by atoms with Crippen molar-refractivity contribution in [2.75, 3.05) is 26.3 Å². The Morgan fingerprint density at radius 1 is 1.19 bits per heavy atom. The van der Waals surface area contributed by atoms with E-state index in [4.69, 9.17) is 4.74 Å². The standard InChI is InChI=1S/C17H26N2O2/c20-17-16(3-6-19(17)15-4-7-21-8-5-15)18-11-14-10-12-1-2-13(14)9-12/h1-2,12-16,18H,3-11H2/t12-,13-,14-,16+/m0/s1. The summed E-state index contributed by atoms with van der Waals surface area (Å²) in [4.78, 5) is 14.7. The highest BCUT2D eigenvalue weighted by molar-refractivity contribution is 5.84. The molecule has 2 heterocycles. The van der Waals surface area contributed by atoms with Gasteiger partial charge in [0.1, 0.15) is 0 Å². The van der Waals surface area contributed by atoms with Gasteiger partial charge >= 0.3 is 0 Å². The summed E-state index contributed by atoms with van der Waals surface area (Å²) in [6.07, 6.45) is 10.4. The third-order valence-corrected chi connectivity index (χ3v) is 5.91. The Kier molecular flexibility index (Phi) is 3.76. The molecule has 0 aromatic heterocycles. The van der Waals surface area contributed by atoms with E-state index in [1.165, 1.54) is 12.8 Å². The van der Waals surface area contributed by atoms with Crippen molar-refractivity contribution in [3.05, 3.63) is 12.2 Å². The number of likely N-dealkylation sites (tertiary alicyclic amines) is 1. The van der Waals surface area contributed by atoms with Crippen LogP contribution in [0, 0.1) is 17.8 Å². The number of ether oxygens (including phenoxy) is 1. The van der Waals surface area contributed by atoms with Gasteiger partial charge < -0.3 is 15.0 Å². The maximum atomic E-state index is 12.6. The van der Waals surface area contributed by atoms with Gasteiger partial charge in [-0.1, -0.05) is 12.2 Å². The van der Waals surface area contributed by atoms with Crippen LogP contribution in [0.3, 0.4) is 0 Å². The van der Waals surface area contributed by atoms with Crippen LogP contribution in [-0.2, 0) is 9.53 Å². The van der Waals surface area contributed by atoms with E-state index >= 15 is 0 Å². The van der Waals surface area contributed by atoms with Crippen LogP contribution in [0.1, 0.15) is 32.1 Å². The Labute approximate surface area is 126 Å². The number of rotatable bonds is 4. The van der Waals surface area contributed by atoms with Gasteiger partial charge in [-0.25, -0.2) is 0 Å². The van der Waals surface area contributed by atoms with Crippen LogP contribution in [0.2, 0.25) is 0 Å². The lowest BCUT2D eigenvalue weighted by Crippen LogP contribution is -2.45. The zero-order chi connectivity index (χ0) is 14.2. The lowest BCUT2D eigenvalue weighted by atomic mass is 9.93. The van der Waals surface area contributed by atoms with E-state index in [1.54, 1.807) is 0 Å². The number of carbonyl (C=O) groups excluding carboxylic acids is 1. The van der Waals surface area contributed by atoms with Gasteiger partial charge in [-0.15, -0.1) is 0 Å². The maximum absolute atomic E-state index is 12.6. The van der Waals surface area contributed by atoms with Gasteiger partial charge in [0.15, 0.2) is 0 Å². The van der Waals surface area contributed by atoms with E-state index in [2.05, 4.69) is 22.4 Å². The molecule has 1 amide bonds. The molecule has 4 nitrogen and oxygen atoms in total. The first kappa shape index (κ1) is 13.8. The van der Waals surface area contributed by atoms with Gasteiger partial charge in [0, 0.05) is 25.8 Å². The van der Waals surface area contributed by atoms with Gasteiger partial charge in [-0.2, -0.15) is 0 Å². The van der Waals surface area contributed by atoms with Crippen molar-refractivity contribution >= 4 is 5.91 Å². The van der Waals surface area contributed by atoms with Crippen molar-refractivity contribution in [3.63, 3.8) is 0 Å². The van der Waals surface area contributed by atoms with E-state index in [1.807, 2.05) is 0 Å². The van der Waals surface area contributed by atoms with E-state index in [0.717, 1.165) is 63.3 Å². The predicted molar refractivity (Wildman–Crippen MR) is 80.8 cm³/mol. The fourth-order valence-corrected chi connectivity index (χ4v) is 4.67. The normalized spacial score (nSPS) is 39.6. The molecule has 0 unspecified atom stereocenters. The number of nitrogens with zero attached hydrogens (tertiary/aromatic N) is 1. The smallest absolute Gasteiger partial charge is 0.240 e. The van der Waals surface area contributed by atoms with E-state index in [9.17, 15) is 4.79 Å². The van der Waals surface area contributed by atoms with Crippen molar-refractivity contribution in [1.29, 1.82) is 0 Å². The minimum absolute atomic E-state index is 0.0657. The second-order valence-corrected chi connectivity index (χ2v) is 7.17. The number of fused-ring (bicyclic) bond motifs is 2. The molecule has 2 saturated heterocycles. The summed E-state index contributed by atoms with van der Waals surface area (Å²) in [6.45, 7) is 3.56. The van der Waals surface area contributed by atoms with E-state index in [0.29, 0.717) is 11.9 Å². The quantitative estimate of drug-likeness (QED) is 0.799. The fourth-order valence-electron chi connectivity index (χ4n) is 4.67. The molecule has 3 fully saturated rings. The molecule has 2 aliphatic carbocycles. The summed E-state index contributed by atoms with van der Waals surface area (Å²) in [5, 5.41) is 3.57. The molecule has 0 radical (unpaired) electrons. The summed E-state index contributed by atoms with van der Waals surface area (Å²) in [6, 6.07) is 0.486. The molecule has 1 N–H and O–H groups in total. The topological polar surface area (TPSA) is 41.6 Å². The number of nitrogens with one attached hydrogen (secondary N) is 1. The number of carbonyl (C=O) groups is 1. The second kappa shape index (κ2) is 5.73. The highest BCUT2D eigenvalue weighted by Gasteiger charge is 2.39. The predicted octanol–water partition coefficient (Wildman–Crippen LogP) is 1.57. The Hall–Kier alpha value is -0.870. The highest BCUT2D eigenvalue weighted by atomic mass is 16.5. The minimum atomic E-state index is 0.0657. The lowest BCUT2D eigenvalue weighted by molar-refractivity contribution is -0.133. The van der Waals surface area contributed by atoms with Crippen molar-refractivity contribution in [2.45, 2.75) is 44.2 Å².